The molecule has 4 rings (SSSR count). The normalized spacial score (nSPS) is 13.7. The van der Waals surface area contributed by atoms with Crippen molar-refractivity contribution < 1.29 is 4.79 Å². The Morgan fingerprint density at radius 1 is 1.17 bits per heavy atom. The van der Waals surface area contributed by atoms with Gasteiger partial charge in [-0.3, -0.25) is 4.79 Å². The van der Waals surface area contributed by atoms with Gasteiger partial charge in [0.1, 0.15) is 6.54 Å². The van der Waals surface area contributed by atoms with Crippen molar-refractivity contribution in [3.8, 4) is 10.7 Å². The average Bonchev–Trinajstić information content (AvgIpc) is 3.25. The molecule has 0 spiro atoms. The summed E-state index contributed by atoms with van der Waals surface area (Å²) in [5, 5.41) is 14.3. The Kier molecular flexibility index (Phi) is 3.75. The number of aromatic nitrogens is 4. The Balaban J connectivity index is 1.52. The Hall–Kier alpha value is -2.34. The molecule has 1 aromatic carbocycles. The van der Waals surface area contributed by atoms with Crippen LogP contribution in [0.25, 0.3) is 10.7 Å². The number of thiophene rings is 1. The Morgan fingerprint density at radius 3 is 2.87 bits per heavy atom. The summed E-state index contributed by atoms with van der Waals surface area (Å²) in [4.78, 5) is 14.8. The van der Waals surface area contributed by atoms with Crippen LogP contribution in [0.5, 0.6) is 0 Å². The highest BCUT2D eigenvalue weighted by molar-refractivity contribution is 7.13. The van der Waals surface area contributed by atoms with Gasteiger partial charge >= 0.3 is 0 Å². The molecule has 0 unspecified atom stereocenters. The van der Waals surface area contributed by atoms with Crippen molar-refractivity contribution >= 4 is 17.1 Å². The molecular formula is C17H16N4OS. The third kappa shape index (κ3) is 2.94. The minimum atomic E-state index is 0.0218. The van der Waals surface area contributed by atoms with E-state index in [9.17, 15) is 4.79 Å². The maximum atomic E-state index is 12.5. The smallest absolute Gasteiger partial charge is 0.214 e. The van der Waals surface area contributed by atoms with Crippen LogP contribution in [-0.2, 0) is 19.4 Å². The first kappa shape index (κ1) is 14.3. The van der Waals surface area contributed by atoms with E-state index in [1.807, 2.05) is 29.6 Å². The van der Waals surface area contributed by atoms with Crippen molar-refractivity contribution in [2.24, 2.45) is 0 Å². The second-order valence-corrected chi connectivity index (χ2v) is 6.68. The standard InChI is InChI=1S/C17H16N4OS/c22-15(14-8-7-12-4-1-2-5-13(12)10-14)11-21-19-17(18-20-21)16-6-3-9-23-16/h3,6-10H,1-2,4-5,11H2. The summed E-state index contributed by atoms with van der Waals surface area (Å²) in [5.74, 6) is 0.590. The van der Waals surface area contributed by atoms with Gasteiger partial charge in [0.15, 0.2) is 5.78 Å². The van der Waals surface area contributed by atoms with E-state index in [1.165, 1.54) is 28.8 Å². The summed E-state index contributed by atoms with van der Waals surface area (Å²) in [6.07, 6.45) is 4.65. The minimum Gasteiger partial charge on any atom is -0.292 e. The Labute approximate surface area is 138 Å². The molecule has 2 aromatic heterocycles. The molecule has 5 nitrogen and oxygen atoms in total. The van der Waals surface area contributed by atoms with Gasteiger partial charge in [-0.2, -0.15) is 4.80 Å². The zero-order valence-electron chi connectivity index (χ0n) is 12.6. The quantitative estimate of drug-likeness (QED) is 0.692. The van der Waals surface area contributed by atoms with Crippen LogP contribution in [0.15, 0.2) is 35.7 Å². The fourth-order valence-electron chi connectivity index (χ4n) is 2.94. The van der Waals surface area contributed by atoms with Crippen LogP contribution >= 0.6 is 11.3 Å². The highest BCUT2D eigenvalue weighted by Gasteiger charge is 2.15. The third-order valence-corrected chi connectivity index (χ3v) is 5.02. The van der Waals surface area contributed by atoms with E-state index < -0.39 is 0 Å². The van der Waals surface area contributed by atoms with Crippen molar-refractivity contribution in [1.82, 2.24) is 20.2 Å². The number of nitrogens with zero attached hydrogens (tertiary/aromatic N) is 4. The van der Waals surface area contributed by atoms with E-state index >= 15 is 0 Å². The molecule has 23 heavy (non-hydrogen) atoms. The molecule has 0 saturated carbocycles. The molecule has 0 aliphatic heterocycles. The maximum absolute atomic E-state index is 12.5. The van der Waals surface area contributed by atoms with Crippen LogP contribution in [0.1, 0.15) is 34.3 Å². The predicted molar refractivity (Wildman–Crippen MR) is 88.5 cm³/mol. The highest BCUT2D eigenvalue weighted by Crippen LogP contribution is 2.23. The summed E-state index contributed by atoms with van der Waals surface area (Å²) in [6, 6.07) is 9.93. The lowest BCUT2D eigenvalue weighted by molar-refractivity contribution is 0.0961. The minimum absolute atomic E-state index is 0.0218. The largest absolute Gasteiger partial charge is 0.292 e. The molecule has 0 N–H and O–H groups in total. The van der Waals surface area contributed by atoms with Gasteiger partial charge in [-0.15, -0.1) is 21.5 Å². The van der Waals surface area contributed by atoms with E-state index in [2.05, 4.69) is 21.5 Å². The number of rotatable bonds is 4. The lowest BCUT2D eigenvalue weighted by Crippen LogP contribution is -2.14. The number of aryl methyl sites for hydroxylation is 2. The zero-order valence-corrected chi connectivity index (χ0v) is 13.4. The van der Waals surface area contributed by atoms with E-state index in [1.54, 1.807) is 11.3 Å². The van der Waals surface area contributed by atoms with E-state index in [-0.39, 0.29) is 12.3 Å². The molecule has 0 radical (unpaired) electrons. The van der Waals surface area contributed by atoms with Crippen LogP contribution < -0.4 is 0 Å². The second-order valence-electron chi connectivity index (χ2n) is 5.73. The molecule has 6 heteroatoms. The number of ketones is 1. The molecule has 116 valence electrons. The van der Waals surface area contributed by atoms with E-state index in [0.717, 1.165) is 23.3 Å². The Morgan fingerprint density at radius 2 is 2.04 bits per heavy atom. The molecule has 1 aliphatic carbocycles. The first-order valence-corrected chi connectivity index (χ1v) is 8.64. The second kappa shape index (κ2) is 6.04. The summed E-state index contributed by atoms with van der Waals surface area (Å²) in [6.45, 7) is 0.122. The number of carbonyl (C=O) groups excluding carboxylic acids is 1. The Bertz CT molecular complexity index is 838. The fraction of sp³-hybridized carbons (Fsp3) is 0.294. The number of fused-ring (bicyclic) bond motifs is 1. The van der Waals surface area contributed by atoms with Crippen molar-refractivity contribution in [3.63, 3.8) is 0 Å². The van der Waals surface area contributed by atoms with Crippen molar-refractivity contribution in [2.75, 3.05) is 0 Å². The molecule has 0 amide bonds. The molecule has 1 aliphatic rings. The average molecular weight is 324 g/mol. The van der Waals surface area contributed by atoms with Crippen molar-refractivity contribution in [1.29, 1.82) is 0 Å². The summed E-state index contributed by atoms with van der Waals surface area (Å²) in [7, 11) is 0. The molecule has 3 aromatic rings. The molecule has 0 fully saturated rings. The van der Waals surface area contributed by atoms with Crippen LogP contribution in [0.4, 0.5) is 0 Å². The highest BCUT2D eigenvalue weighted by atomic mass is 32.1. The lowest BCUT2D eigenvalue weighted by atomic mass is 9.90. The number of Topliss-reactive ketones (excluding diaryl/α,β-unsaturated/α-hetero) is 1. The van der Waals surface area contributed by atoms with Crippen molar-refractivity contribution in [3.05, 3.63) is 52.4 Å². The monoisotopic (exact) mass is 324 g/mol. The lowest BCUT2D eigenvalue weighted by Gasteiger charge is -2.16. The first-order valence-electron chi connectivity index (χ1n) is 7.76. The van der Waals surface area contributed by atoms with Gasteiger partial charge in [-0.05, 0) is 59.5 Å². The number of benzene rings is 1. The van der Waals surface area contributed by atoms with Gasteiger partial charge in [0.25, 0.3) is 0 Å². The fourth-order valence-corrected chi connectivity index (χ4v) is 3.59. The van der Waals surface area contributed by atoms with Crippen LogP contribution in [0.3, 0.4) is 0 Å². The van der Waals surface area contributed by atoms with Gasteiger partial charge in [0.2, 0.25) is 5.82 Å². The van der Waals surface area contributed by atoms with Gasteiger partial charge < -0.3 is 0 Å². The number of hydrogen-bond acceptors (Lipinski definition) is 5. The number of tetrazole rings is 1. The summed E-state index contributed by atoms with van der Waals surface area (Å²) in [5.41, 5.74) is 3.43. The number of hydrogen-bond donors (Lipinski definition) is 0. The van der Waals surface area contributed by atoms with Gasteiger partial charge in [0.05, 0.1) is 4.88 Å². The van der Waals surface area contributed by atoms with Crippen LogP contribution in [-0.4, -0.2) is 26.0 Å². The first-order chi connectivity index (χ1) is 11.3. The molecule has 2 heterocycles. The van der Waals surface area contributed by atoms with E-state index in [0.29, 0.717) is 5.82 Å². The SMILES string of the molecule is O=C(Cn1nnc(-c2cccs2)n1)c1ccc2c(c1)CCCC2. The topological polar surface area (TPSA) is 60.7 Å². The molecule has 0 bridgehead atoms. The predicted octanol–water partition coefficient (Wildman–Crippen LogP) is 3.16. The molecule has 0 saturated heterocycles. The maximum Gasteiger partial charge on any atom is 0.214 e. The van der Waals surface area contributed by atoms with Crippen LogP contribution in [0.2, 0.25) is 0 Å². The molecular weight excluding hydrogens is 308 g/mol. The summed E-state index contributed by atoms with van der Waals surface area (Å²) < 4.78 is 0. The molecule has 0 atom stereocenters. The summed E-state index contributed by atoms with van der Waals surface area (Å²) >= 11 is 1.56. The van der Waals surface area contributed by atoms with E-state index in [4.69, 9.17) is 0 Å². The third-order valence-electron chi connectivity index (χ3n) is 4.15. The van der Waals surface area contributed by atoms with Crippen LogP contribution in [0, 0.1) is 0 Å². The van der Waals surface area contributed by atoms with Crippen molar-refractivity contribution in [2.45, 2.75) is 32.2 Å². The number of carbonyl (C=O) groups is 1. The van der Waals surface area contributed by atoms with Gasteiger partial charge in [-0.1, -0.05) is 18.2 Å². The van der Waals surface area contributed by atoms with Gasteiger partial charge in [0, 0.05) is 5.56 Å². The zero-order chi connectivity index (χ0) is 15.6. The van der Waals surface area contributed by atoms with Gasteiger partial charge in [-0.25, -0.2) is 0 Å².